The smallest absolute Gasteiger partial charge is 0.306 e. The summed E-state index contributed by atoms with van der Waals surface area (Å²) in [5.41, 5.74) is -0.304. The number of benzene rings is 1. The SMILES string of the molecule is CC(C)C(=O)N1CC(CS(=O)(=O)c2ccc(OC/C(=C/F)CCC(=O)OC(C)(C)C)cc2)C1. The summed E-state index contributed by atoms with van der Waals surface area (Å²) in [5.74, 6) is -0.175. The van der Waals surface area contributed by atoms with E-state index in [0.29, 0.717) is 30.7 Å². The zero-order valence-electron chi connectivity index (χ0n) is 20.0. The third-order valence-electron chi connectivity index (χ3n) is 5.05. The molecule has 1 saturated heterocycles. The van der Waals surface area contributed by atoms with Crippen LogP contribution in [0.4, 0.5) is 4.39 Å². The lowest BCUT2D eigenvalue weighted by molar-refractivity contribution is -0.154. The van der Waals surface area contributed by atoms with Gasteiger partial charge in [0.15, 0.2) is 9.84 Å². The number of halogens is 1. The van der Waals surface area contributed by atoms with Crippen molar-refractivity contribution in [2.24, 2.45) is 11.8 Å². The van der Waals surface area contributed by atoms with Gasteiger partial charge < -0.3 is 14.4 Å². The molecule has 1 fully saturated rings. The van der Waals surface area contributed by atoms with Crippen molar-refractivity contribution >= 4 is 21.7 Å². The van der Waals surface area contributed by atoms with Crippen LogP contribution in [0.2, 0.25) is 0 Å². The zero-order valence-corrected chi connectivity index (χ0v) is 20.8. The molecule has 0 N–H and O–H groups in total. The highest BCUT2D eigenvalue weighted by molar-refractivity contribution is 7.91. The van der Waals surface area contributed by atoms with Crippen LogP contribution in [0, 0.1) is 11.8 Å². The van der Waals surface area contributed by atoms with E-state index in [1.54, 1.807) is 25.7 Å². The number of nitrogens with zero attached hydrogens (tertiary/aromatic N) is 1. The average molecular weight is 484 g/mol. The van der Waals surface area contributed by atoms with Crippen molar-refractivity contribution in [3.05, 3.63) is 36.2 Å². The summed E-state index contributed by atoms with van der Waals surface area (Å²) in [6.45, 7) is 9.79. The molecular formula is C24H34FNO6S. The second kappa shape index (κ2) is 11.1. The summed E-state index contributed by atoms with van der Waals surface area (Å²) in [5, 5.41) is 0. The molecular weight excluding hydrogens is 449 g/mol. The third kappa shape index (κ3) is 8.46. The number of rotatable bonds is 10. The van der Waals surface area contributed by atoms with Gasteiger partial charge in [-0.25, -0.2) is 12.8 Å². The first-order chi connectivity index (χ1) is 15.3. The largest absolute Gasteiger partial charge is 0.489 e. The van der Waals surface area contributed by atoms with E-state index < -0.39 is 21.4 Å². The number of ether oxygens (including phenoxy) is 2. The molecule has 1 aliphatic heterocycles. The van der Waals surface area contributed by atoms with Crippen molar-refractivity contribution in [2.75, 3.05) is 25.4 Å². The number of sulfone groups is 1. The maximum atomic E-state index is 13.2. The molecule has 0 aromatic heterocycles. The first-order valence-corrected chi connectivity index (χ1v) is 12.7. The maximum absolute atomic E-state index is 13.2. The van der Waals surface area contributed by atoms with Crippen LogP contribution in [-0.2, 0) is 24.2 Å². The topological polar surface area (TPSA) is 90.0 Å². The zero-order chi connectivity index (χ0) is 24.8. The Labute approximate surface area is 195 Å². The molecule has 1 aromatic rings. The van der Waals surface area contributed by atoms with E-state index in [4.69, 9.17) is 9.47 Å². The van der Waals surface area contributed by atoms with Crippen molar-refractivity contribution in [1.82, 2.24) is 4.90 Å². The van der Waals surface area contributed by atoms with E-state index in [0.717, 1.165) is 0 Å². The summed E-state index contributed by atoms with van der Waals surface area (Å²) in [6.07, 6.45) is 0.611. The van der Waals surface area contributed by atoms with Crippen LogP contribution in [0.3, 0.4) is 0 Å². The molecule has 1 aliphatic rings. The van der Waals surface area contributed by atoms with Crippen molar-refractivity contribution in [1.29, 1.82) is 0 Å². The highest BCUT2D eigenvalue weighted by Gasteiger charge is 2.35. The van der Waals surface area contributed by atoms with Crippen LogP contribution in [0.1, 0.15) is 47.5 Å². The lowest BCUT2D eigenvalue weighted by atomic mass is 10.0. The van der Waals surface area contributed by atoms with Crippen molar-refractivity contribution in [3.63, 3.8) is 0 Å². The summed E-state index contributed by atoms with van der Waals surface area (Å²) in [7, 11) is -3.49. The molecule has 0 spiro atoms. The number of hydrogen-bond acceptors (Lipinski definition) is 6. The molecule has 2 rings (SSSR count). The van der Waals surface area contributed by atoms with Gasteiger partial charge in [-0.15, -0.1) is 0 Å². The van der Waals surface area contributed by atoms with Gasteiger partial charge in [0.25, 0.3) is 0 Å². The van der Waals surface area contributed by atoms with Crippen molar-refractivity contribution in [2.45, 2.75) is 58.0 Å². The molecule has 0 saturated carbocycles. The van der Waals surface area contributed by atoms with E-state index in [9.17, 15) is 22.4 Å². The van der Waals surface area contributed by atoms with Crippen LogP contribution in [-0.4, -0.2) is 56.2 Å². The average Bonchev–Trinajstić information content (AvgIpc) is 2.69. The predicted molar refractivity (Wildman–Crippen MR) is 123 cm³/mol. The summed E-state index contributed by atoms with van der Waals surface area (Å²) in [6, 6.07) is 5.96. The Balaban J connectivity index is 1.83. The number of carbonyl (C=O) groups excluding carboxylic acids is 2. The summed E-state index contributed by atoms with van der Waals surface area (Å²) >= 11 is 0. The normalized spacial score (nSPS) is 15.4. The number of hydrogen-bond donors (Lipinski definition) is 0. The van der Waals surface area contributed by atoms with E-state index in [1.165, 1.54) is 24.3 Å². The molecule has 9 heteroatoms. The van der Waals surface area contributed by atoms with Crippen LogP contribution in [0.15, 0.2) is 41.1 Å². The van der Waals surface area contributed by atoms with E-state index >= 15 is 0 Å². The van der Waals surface area contributed by atoms with Gasteiger partial charge in [0, 0.05) is 31.3 Å². The fraction of sp³-hybridized carbons (Fsp3) is 0.583. The minimum Gasteiger partial charge on any atom is -0.489 e. The molecule has 0 atom stereocenters. The molecule has 1 amide bonds. The standard InChI is InChI=1S/C24H34FNO6S/c1-17(2)23(28)26-13-19(14-26)16-33(29,30)21-9-7-20(8-10-21)31-15-18(12-25)6-11-22(27)32-24(3,4)5/h7-10,12,17,19H,6,11,13-16H2,1-5H3/b18-12+. The fourth-order valence-corrected chi connectivity index (χ4v) is 4.93. The van der Waals surface area contributed by atoms with Crippen LogP contribution in [0.5, 0.6) is 5.75 Å². The van der Waals surface area contributed by atoms with Gasteiger partial charge in [-0.3, -0.25) is 9.59 Å². The Hall–Kier alpha value is -2.42. The molecule has 0 bridgehead atoms. The number of likely N-dealkylation sites (tertiary alicyclic amines) is 1. The molecule has 1 aromatic carbocycles. The molecule has 0 unspecified atom stereocenters. The summed E-state index contributed by atoms with van der Waals surface area (Å²) < 4.78 is 49.2. The predicted octanol–water partition coefficient (Wildman–Crippen LogP) is 3.93. The lowest BCUT2D eigenvalue weighted by Crippen LogP contribution is -2.53. The second-order valence-corrected chi connectivity index (χ2v) is 11.7. The quantitative estimate of drug-likeness (QED) is 0.469. The van der Waals surface area contributed by atoms with Gasteiger partial charge in [-0.1, -0.05) is 13.8 Å². The Morgan fingerprint density at radius 2 is 1.76 bits per heavy atom. The van der Waals surface area contributed by atoms with Gasteiger partial charge in [0.05, 0.1) is 17.0 Å². The maximum Gasteiger partial charge on any atom is 0.306 e. The van der Waals surface area contributed by atoms with E-state index in [1.807, 2.05) is 13.8 Å². The van der Waals surface area contributed by atoms with Crippen molar-refractivity contribution in [3.8, 4) is 5.75 Å². The minimum absolute atomic E-state index is 0.0194. The Kier molecular flexibility index (Phi) is 9.05. The van der Waals surface area contributed by atoms with Gasteiger partial charge in [-0.05, 0) is 57.0 Å². The highest BCUT2D eigenvalue weighted by atomic mass is 32.2. The van der Waals surface area contributed by atoms with Crippen molar-refractivity contribution < 1.29 is 31.9 Å². The molecule has 184 valence electrons. The molecule has 0 aliphatic carbocycles. The fourth-order valence-electron chi connectivity index (χ4n) is 3.36. The molecule has 1 heterocycles. The van der Waals surface area contributed by atoms with Gasteiger partial charge in [0.2, 0.25) is 5.91 Å². The van der Waals surface area contributed by atoms with Gasteiger partial charge in [-0.2, -0.15) is 0 Å². The molecule has 0 radical (unpaired) electrons. The highest BCUT2D eigenvalue weighted by Crippen LogP contribution is 2.24. The first kappa shape index (κ1) is 26.8. The van der Waals surface area contributed by atoms with Crippen LogP contribution < -0.4 is 4.74 Å². The third-order valence-corrected chi connectivity index (χ3v) is 6.95. The molecule has 7 nitrogen and oxygen atoms in total. The van der Waals surface area contributed by atoms with Crippen LogP contribution in [0.25, 0.3) is 0 Å². The van der Waals surface area contributed by atoms with Crippen LogP contribution >= 0.6 is 0 Å². The summed E-state index contributed by atoms with van der Waals surface area (Å²) in [4.78, 5) is 25.6. The Morgan fingerprint density at radius 1 is 1.15 bits per heavy atom. The Bertz CT molecular complexity index is 958. The van der Waals surface area contributed by atoms with Gasteiger partial charge >= 0.3 is 5.97 Å². The number of esters is 1. The second-order valence-electron chi connectivity index (χ2n) is 9.66. The molecule has 33 heavy (non-hydrogen) atoms. The van der Waals surface area contributed by atoms with E-state index in [2.05, 4.69) is 0 Å². The Morgan fingerprint density at radius 3 is 2.27 bits per heavy atom. The number of carbonyl (C=O) groups is 2. The first-order valence-electron chi connectivity index (χ1n) is 11.0. The number of amides is 1. The minimum atomic E-state index is -3.49. The lowest BCUT2D eigenvalue weighted by Gasteiger charge is -2.40. The monoisotopic (exact) mass is 483 g/mol. The van der Waals surface area contributed by atoms with E-state index in [-0.39, 0.29) is 47.8 Å². The van der Waals surface area contributed by atoms with Gasteiger partial charge in [0.1, 0.15) is 18.0 Å².